The molecule has 336 valence electrons. The highest BCUT2D eigenvalue weighted by molar-refractivity contribution is 5.94. The molecule has 62 heavy (non-hydrogen) atoms. The standard InChI is InChI=1S/C46H57NO15/c1-10-31(50)59-35(33(26-17-13-11-14-18-26)47-41(55)62-42(4,5)6)40(54)58-28-22-46(56)38(60-39(53)27-19-15-12-16-20-27)36-44(9,37(52)34(51)32(24(28)2)43(46,7)8)29(49)21-30-45(36,23-57-30)61-25(3)48/h11-20,28-30,33-36,38,49,51,56H,10,21-23H2,1-9H3,(H,47,55)/t28-,29-,30+,33-,34+,35+,36-,38-,44+,45-,46+/m0/s1. The van der Waals surface area contributed by atoms with Gasteiger partial charge in [-0.15, -0.1) is 0 Å². The fourth-order valence-corrected chi connectivity index (χ4v) is 9.89. The van der Waals surface area contributed by atoms with Gasteiger partial charge in [-0.1, -0.05) is 69.3 Å². The van der Waals surface area contributed by atoms with Crippen LogP contribution in [0.25, 0.3) is 0 Å². The zero-order valence-electron chi connectivity index (χ0n) is 36.5. The SMILES string of the molecule is CCC(=O)O[C@@H](C(=O)O[C@H]1C[C@@]2(O)[C@@H](OC(=O)c3ccccc3)[C@@H]3[C@]4(OC(C)=O)CO[C@@H]4C[C@H](O)[C@@]3(C)C(=O)[C@H](O)C(=C1C)C2(C)C)[C@@H](NC(=O)OC(C)(C)C)c1ccccc1. The lowest BCUT2D eigenvalue weighted by Gasteiger charge is -2.67. The van der Waals surface area contributed by atoms with E-state index in [9.17, 15) is 39.3 Å². The second-order valence-electron chi connectivity index (χ2n) is 18.4. The normalized spacial score (nSPS) is 32.2. The topological polar surface area (TPSA) is 231 Å². The minimum Gasteiger partial charge on any atom is -0.455 e. The summed E-state index contributed by atoms with van der Waals surface area (Å²) in [5.74, 6) is -6.18. The molecule has 4 N–H and O–H groups in total. The Hall–Kier alpha value is -5.16. The van der Waals surface area contributed by atoms with Crippen LogP contribution in [0.1, 0.15) is 104 Å². The quantitative estimate of drug-likeness (QED) is 0.149. The molecule has 3 fully saturated rings. The van der Waals surface area contributed by atoms with Crippen LogP contribution in [-0.2, 0) is 47.6 Å². The number of alkyl carbamates (subject to hydrolysis) is 1. The number of amides is 1. The molecular weight excluding hydrogens is 806 g/mol. The van der Waals surface area contributed by atoms with E-state index in [2.05, 4.69) is 5.32 Å². The van der Waals surface area contributed by atoms with Gasteiger partial charge in [0.05, 0.1) is 29.6 Å². The number of benzene rings is 2. The molecule has 1 amide bonds. The van der Waals surface area contributed by atoms with Crippen LogP contribution in [0.15, 0.2) is 71.8 Å². The Morgan fingerprint density at radius 2 is 1.56 bits per heavy atom. The largest absolute Gasteiger partial charge is 0.455 e. The lowest BCUT2D eigenvalue weighted by molar-refractivity contribution is -0.346. The first-order chi connectivity index (χ1) is 28.9. The van der Waals surface area contributed by atoms with Crippen molar-refractivity contribution in [3.05, 3.63) is 82.9 Å². The van der Waals surface area contributed by atoms with Crippen LogP contribution in [0.4, 0.5) is 4.79 Å². The molecule has 2 saturated carbocycles. The van der Waals surface area contributed by atoms with E-state index in [0.717, 1.165) is 6.92 Å². The van der Waals surface area contributed by atoms with Gasteiger partial charge in [0, 0.05) is 31.6 Å². The molecular formula is C46H57NO15. The second-order valence-corrected chi connectivity index (χ2v) is 18.4. The van der Waals surface area contributed by atoms with Crippen molar-refractivity contribution in [1.82, 2.24) is 5.32 Å². The number of hydrogen-bond donors (Lipinski definition) is 4. The molecule has 2 aromatic rings. The van der Waals surface area contributed by atoms with E-state index in [0.29, 0.717) is 5.56 Å². The summed E-state index contributed by atoms with van der Waals surface area (Å²) in [6.45, 7) is 13.3. The summed E-state index contributed by atoms with van der Waals surface area (Å²) in [5.41, 5.74) is -8.33. The first-order valence-corrected chi connectivity index (χ1v) is 20.8. The molecule has 11 atom stereocenters. The maximum atomic E-state index is 15.1. The summed E-state index contributed by atoms with van der Waals surface area (Å²) in [6, 6.07) is 14.7. The van der Waals surface area contributed by atoms with Gasteiger partial charge in [-0.2, -0.15) is 0 Å². The van der Waals surface area contributed by atoms with Gasteiger partial charge in [0.2, 0.25) is 6.10 Å². The Morgan fingerprint density at radius 3 is 2.11 bits per heavy atom. The van der Waals surface area contributed by atoms with Gasteiger partial charge in [0.25, 0.3) is 0 Å². The number of rotatable bonds is 10. The van der Waals surface area contributed by atoms with E-state index < -0.39 is 118 Å². The number of ketones is 1. The highest BCUT2D eigenvalue weighted by Gasteiger charge is 2.78. The summed E-state index contributed by atoms with van der Waals surface area (Å²) in [4.78, 5) is 83.2. The van der Waals surface area contributed by atoms with Gasteiger partial charge in [0.1, 0.15) is 41.7 Å². The van der Waals surface area contributed by atoms with E-state index in [-0.39, 0.29) is 36.2 Å². The predicted molar refractivity (Wildman–Crippen MR) is 218 cm³/mol. The third-order valence-electron chi connectivity index (χ3n) is 13.1. The number of carbonyl (C=O) groups excluding carboxylic acids is 6. The van der Waals surface area contributed by atoms with Gasteiger partial charge in [-0.05, 0) is 63.5 Å². The summed E-state index contributed by atoms with van der Waals surface area (Å²) in [7, 11) is 0. The van der Waals surface area contributed by atoms with Crippen LogP contribution in [0.5, 0.6) is 0 Å². The predicted octanol–water partition coefficient (Wildman–Crippen LogP) is 4.22. The fraction of sp³-hybridized carbons (Fsp3) is 0.565. The van der Waals surface area contributed by atoms with Crippen LogP contribution in [0, 0.1) is 16.7 Å². The number of carbonyl (C=O) groups is 6. The monoisotopic (exact) mass is 863 g/mol. The minimum absolute atomic E-state index is 0.0686. The Balaban J connectivity index is 1.53. The Kier molecular flexibility index (Phi) is 12.6. The first kappa shape index (κ1) is 46.3. The molecule has 1 aliphatic heterocycles. The molecule has 0 aromatic heterocycles. The van der Waals surface area contributed by atoms with Gasteiger partial charge in [-0.25, -0.2) is 14.4 Å². The molecule has 1 saturated heterocycles. The number of esters is 4. The number of aliphatic hydroxyl groups excluding tert-OH is 2. The van der Waals surface area contributed by atoms with E-state index in [1.807, 2.05) is 0 Å². The number of nitrogens with one attached hydrogen (secondary N) is 1. The first-order valence-electron chi connectivity index (χ1n) is 20.8. The smallest absolute Gasteiger partial charge is 0.408 e. The van der Waals surface area contributed by atoms with Crippen LogP contribution < -0.4 is 5.32 Å². The fourth-order valence-electron chi connectivity index (χ4n) is 9.89. The van der Waals surface area contributed by atoms with Crippen molar-refractivity contribution in [3.63, 3.8) is 0 Å². The van der Waals surface area contributed by atoms with Crippen LogP contribution in [0.2, 0.25) is 0 Å². The van der Waals surface area contributed by atoms with Crippen molar-refractivity contribution >= 4 is 35.8 Å². The Bertz CT molecular complexity index is 2110. The summed E-state index contributed by atoms with van der Waals surface area (Å²) < 4.78 is 35.6. The zero-order chi connectivity index (χ0) is 45.7. The minimum atomic E-state index is -2.39. The summed E-state index contributed by atoms with van der Waals surface area (Å²) in [5, 5.41) is 40.5. The molecule has 4 aliphatic rings. The van der Waals surface area contributed by atoms with Crippen molar-refractivity contribution in [3.8, 4) is 0 Å². The summed E-state index contributed by atoms with van der Waals surface area (Å²) >= 11 is 0. The van der Waals surface area contributed by atoms with Crippen molar-refractivity contribution in [2.45, 2.75) is 141 Å². The molecule has 0 spiro atoms. The van der Waals surface area contributed by atoms with Crippen molar-refractivity contribution < 1.29 is 72.5 Å². The molecule has 3 aliphatic carbocycles. The molecule has 2 aromatic carbocycles. The van der Waals surface area contributed by atoms with Crippen molar-refractivity contribution in [1.29, 1.82) is 0 Å². The van der Waals surface area contributed by atoms with Gasteiger partial charge < -0.3 is 49.1 Å². The average Bonchev–Trinajstić information content (AvgIpc) is 3.20. The molecule has 6 rings (SSSR count). The Labute approximate surface area is 360 Å². The molecule has 0 radical (unpaired) electrons. The number of ether oxygens (including phenoxy) is 6. The van der Waals surface area contributed by atoms with Crippen molar-refractivity contribution in [2.24, 2.45) is 16.7 Å². The maximum absolute atomic E-state index is 15.1. The molecule has 0 unspecified atom stereocenters. The average molecular weight is 864 g/mol. The summed E-state index contributed by atoms with van der Waals surface area (Å²) in [6.07, 6.45) is -11.6. The number of fused-ring (bicyclic) bond motifs is 5. The lowest BCUT2D eigenvalue weighted by atomic mass is 9.44. The third-order valence-corrected chi connectivity index (χ3v) is 13.1. The molecule has 1 heterocycles. The van der Waals surface area contributed by atoms with Crippen LogP contribution in [0.3, 0.4) is 0 Å². The highest BCUT2D eigenvalue weighted by Crippen LogP contribution is 2.64. The maximum Gasteiger partial charge on any atom is 0.408 e. The van der Waals surface area contributed by atoms with Gasteiger partial charge in [-0.3, -0.25) is 14.4 Å². The van der Waals surface area contributed by atoms with Crippen molar-refractivity contribution in [2.75, 3.05) is 6.61 Å². The van der Waals surface area contributed by atoms with E-state index >= 15 is 4.79 Å². The van der Waals surface area contributed by atoms with Crippen LogP contribution >= 0.6 is 0 Å². The lowest BCUT2D eigenvalue weighted by Crippen LogP contribution is -2.81. The molecule has 16 nitrogen and oxygen atoms in total. The van der Waals surface area contributed by atoms with Gasteiger partial charge >= 0.3 is 30.0 Å². The highest BCUT2D eigenvalue weighted by atomic mass is 16.6. The van der Waals surface area contributed by atoms with Crippen LogP contribution in [-0.4, -0.2) is 111 Å². The number of Topliss-reactive ketones (excluding diaryl/α,β-unsaturated/α-hetero) is 1. The van der Waals surface area contributed by atoms with Gasteiger partial charge in [0.15, 0.2) is 11.4 Å². The second kappa shape index (κ2) is 16.8. The third kappa shape index (κ3) is 8.01. The number of aliphatic hydroxyl groups is 3. The van der Waals surface area contributed by atoms with E-state index in [1.54, 1.807) is 83.1 Å². The Morgan fingerprint density at radius 1 is 0.952 bits per heavy atom. The molecule has 16 heteroatoms. The van der Waals surface area contributed by atoms with E-state index in [4.69, 9.17) is 28.4 Å². The number of hydrogen-bond acceptors (Lipinski definition) is 15. The van der Waals surface area contributed by atoms with E-state index in [1.165, 1.54) is 32.9 Å². The zero-order valence-corrected chi connectivity index (χ0v) is 36.5. The molecule has 2 bridgehead atoms.